The van der Waals surface area contributed by atoms with Gasteiger partial charge < -0.3 is 9.47 Å². The molecule has 3 aliphatic rings. The van der Waals surface area contributed by atoms with E-state index in [0.717, 1.165) is 23.2 Å². The molecule has 2 bridgehead atoms. The monoisotopic (exact) mass is 447 g/mol. The zero-order valence-electron chi connectivity index (χ0n) is 19.1. The Hall–Kier alpha value is -3.22. The van der Waals surface area contributed by atoms with Crippen LogP contribution < -0.4 is 5.56 Å². The fourth-order valence-corrected chi connectivity index (χ4v) is 6.14. The second kappa shape index (κ2) is 7.97. The Morgan fingerprint density at radius 1 is 1.03 bits per heavy atom. The molecule has 1 aromatic carbocycles. The van der Waals surface area contributed by atoms with Crippen molar-refractivity contribution in [2.24, 2.45) is 5.92 Å². The molecule has 3 amide bonds. The van der Waals surface area contributed by atoms with E-state index in [1.807, 2.05) is 46.7 Å². The van der Waals surface area contributed by atoms with Crippen LogP contribution in [0.5, 0.6) is 0 Å². The lowest BCUT2D eigenvalue weighted by atomic mass is 9.73. The van der Waals surface area contributed by atoms with Crippen LogP contribution in [-0.2, 0) is 26.3 Å². The summed E-state index contributed by atoms with van der Waals surface area (Å²) in [6, 6.07) is 12.9. The first-order valence-electron chi connectivity index (χ1n) is 11.7. The number of imide groups is 1. The summed E-state index contributed by atoms with van der Waals surface area (Å²) in [6.45, 7) is 5.73. The first-order valence-corrected chi connectivity index (χ1v) is 11.7. The van der Waals surface area contributed by atoms with Crippen molar-refractivity contribution in [3.8, 4) is 0 Å². The summed E-state index contributed by atoms with van der Waals surface area (Å²) in [5, 5.41) is 0. The van der Waals surface area contributed by atoms with Crippen LogP contribution in [-0.4, -0.2) is 51.7 Å². The molecule has 0 radical (unpaired) electrons. The van der Waals surface area contributed by atoms with E-state index in [0.29, 0.717) is 26.2 Å². The maximum absolute atomic E-state index is 13.7. The van der Waals surface area contributed by atoms with E-state index in [2.05, 4.69) is 0 Å². The average molecular weight is 448 g/mol. The second-order valence-electron chi connectivity index (χ2n) is 9.69. The SMILES string of the molecule is CCN1C(=O)C[C@@](CC(=O)N2C[C@H]3C[C@@H](C2)c2cccc(=O)n2C3)(c2ccccc2C)C1=O. The van der Waals surface area contributed by atoms with Crippen LogP contribution in [0.3, 0.4) is 0 Å². The van der Waals surface area contributed by atoms with E-state index < -0.39 is 5.41 Å². The Labute approximate surface area is 193 Å². The van der Waals surface area contributed by atoms with Crippen molar-refractivity contribution in [1.29, 1.82) is 0 Å². The van der Waals surface area contributed by atoms with Crippen molar-refractivity contribution in [3.05, 3.63) is 69.6 Å². The van der Waals surface area contributed by atoms with Gasteiger partial charge in [0.2, 0.25) is 17.7 Å². The molecule has 2 aromatic rings. The number of fused-ring (bicyclic) bond motifs is 4. The molecule has 0 saturated carbocycles. The van der Waals surface area contributed by atoms with Crippen LogP contribution in [0, 0.1) is 12.8 Å². The predicted molar refractivity (Wildman–Crippen MR) is 123 cm³/mol. The van der Waals surface area contributed by atoms with Crippen LogP contribution in [0.1, 0.15) is 48.9 Å². The third-order valence-corrected chi connectivity index (χ3v) is 7.67. The van der Waals surface area contributed by atoms with Crippen molar-refractivity contribution < 1.29 is 14.4 Å². The molecule has 0 unspecified atom stereocenters. The highest BCUT2D eigenvalue weighted by atomic mass is 16.2. The molecular formula is C26H29N3O4. The molecule has 7 nitrogen and oxygen atoms in total. The van der Waals surface area contributed by atoms with Gasteiger partial charge in [-0.15, -0.1) is 0 Å². The summed E-state index contributed by atoms with van der Waals surface area (Å²) in [6.07, 6.45) is 0.965. The summed E-state index contributed by atoms with van der Waals surface area (Å²) >= 11 is 0. The maximum Gasteiger partial charge on any atom is 0.250 e. The van der Waals surface area contributed by atoms with Gasteiger partial charge in [-0.25, -0.2) is 0 Å². The quantitative estimate of drug-likeness (QED) is 0.673. The smallest absolute Gasteiger partial charge is 0.250 e. The minimum absolute atomic E-state index is 0.00945. The molecule has 7 heteroatoms. The number of rotatable bonds is 4. The molecule has 172 valence electrons. The Bertz CT molecular complexity index is 1200. The highest BCUT2D eigenvalue weighted by Gasteiger charge is 2.54. The van der Waals surface area contributed by atoms with Gasteiger partial charge in [-0.05, 0) is 43.4 Å². The molecular weight excluding hydrogens is 418 g/mol. The van der Waals surface area contributed by atoms with E-state index in [9.17, 15) is 19.2 Å². The average Bonchev–Trinajstić information content (AvgIpc) is 3.04. The first-order chi connectivity index (χ1) is 15.8. The van der Waals surface area contributed by atoms with Gasteiger partial charge in [-0.1, -0.05) is 30.3 Å². The molecule has 0 N–H and O–H groups in total. The van der Waals surface area contributed by atoms with Crippen LogP contribution >= 0.6 is 0 Å². The maximum atomic E-state index is 13.7. The van der Waals surface area contributed by atoms with Crippen molar-refractivity contribution in [1.82, 2.24) is 14.4 Å². The molecule has 2 saturated heterocycles. The van der Waals surface area contributed by atoms with Gasteiger partial charge in [0, 0.05) is 56.7 Å². The summed E-state index contributed by atoms with van der Waals surface area (Å²) in [5.74, 6) is -0.270. The van der Waals surface area contributed by atoms with Gasteiger partial charge in [-0.3, -0.25) is 24.1 Å². The number of likely N-dealkylation sites (N-methyl/N-ethyl adjacent to an activating group) is 1. The molecule has 2 fully saturated rings. The van der Waals surface area contributed by atoms with Crippen molar-refractivity contribution in [3.63, 3.8) is 0 Å². The van der Waals surface area contributed by atoms with Crippen LogP contribution in [0.2, 0.25) is 0 Å². The lowest BCUT2D eigenvalue weighted by Crippen LogP contribution is -2.51. The van der Waals surface area contributed by atoms with Crippen LogP contribution in [0.15, 0.2) is 47.3 Å². The van der Waals surface area contributed by atoms with Crippen molar-refractivity contribution in [2.45, 2.75) is 51.0 Å². The fourth-order valence-electron chi connectivity index (χ4n) is 6.14. The summed E-state index contributed by atoms with van der Waals surface area (Å²) in [7, 11) is 0. The number of hydrogen-bond acceptors (Lipinski definition) is 4. The van der Waals surface area contributed by atoms with Crippen molar-refractivity contribution in [2.75, 3.05) is 19.6 Å². The number of amides is 3. The molecule has 33 heavy (non-hydrogen) atoms. The Morgan fingerprint density at radius 2 is 1.82 bits per heavy atom. The molecule has 5 rings (SSSR count). The number of likely N-dealkylation sites (tertiary alicyclic amines) is 2. The third kappa shape index (κ3) is 3.41. The largest absolute Gasteiger partial charge is 0.342 e. The number of benzene rings is 1. The van der Waals surface area contributed by atoms with E-state index in [-0.39, 0.29) is 48.0 Å². The summed E-state index contributed by atoms with van der Waals surface area (Å²) < 4.78 is 1.84. The number of hydrogen-bond donors (Lipinski definition) is 0. The van der Waals surface area contributed by atoms with Crippen molar-refractivity contribution >= 4 is 17.7 Å². The minimum Gasteiger partial charge on any atom is -0.342 e. The van der Waals surface area contributed by atoms with Gasteiger partial charge in [0.05, 0.1) is 5.41 Å². The number of aryl methyl sites for hydroxylation is 1. The van der Waals surface area contributed by atoms with E-state index in [1.54, 1.807) is 19.1 Å². The predicted octanol–water partition coefficient (Wildman–Crippen LogP) is 2.21. The van der Waals surface area contributed by atoms with Gasteiger partial charge >= 0.3 is 0 Å². The second-order valence-corrected chi connectivity index (χ2v) is 9.69. The summed E-state index contributed by atoms with van der Waals surface area (Å²) in [4.78, 5) is 55.4. The van der Waals surface area contributed by atoms with Gasteiger partial charge in [-0.2, -0.15) is 0 Å². The standard InChI is InChI=1S/C26H29N3O4/c1-3-28-24(32)13-26(25(28)33,20-8-5-4-7-17(20)2)12-23(31)27-14-18-11-19(16-27)21-9-6-10-22(30)29(21)15-18/h4-10,18-19H,3,11-16H2,1-2H3/t18-,19+,26+/m1/s1. The Morgan fingerprint density at radius 3 is 2.55 bits per heavy atom. The van der Waals surface area contributed by atoms with Gasteiger partial charge in [0.15, 0.2) is 0 Å². The normalized spacial score (nSPS) is 26.5. The molecule has 0 aliphatic carbocycles. The van der Waals surface area contributed by atoms with Gasteiger partial charge in [0.1, 0.15) is 0 Å². The third-order valence-electron chi connectivity index (χ3n) is 7.67. The molecule has 4 heterocycles. The molecule has 0 spiro atoms. The lowest BCUT2D eigenvalue weighted by Gasteiger charge is -2.43. The van der Waals surface area contributed by atoms with E-state index in [4.69, 9.17) is 0 Å². The number of carbonyl (C=O) groups is 3. The Balaban J connectivity index is 1.46. The number of pyridine rings is 1. The number of aromatic nitrogens is 1. The zero-order valence-corrected chi connectivity index (χ0v) is 19.1. The fraction of sp³-hybridized carbons (Fsp3) is 0.462. The minimum atomic E-state index is -1.16. The highest BCUT2D eigenvalue weighted by Crippen LogP contribution is 2.43. The van der Waals surface area contributed by atoms with E-state index >= 15 is 0 Å². The molecule has 3 atom stereocenters. The number of nitrogens with zero attached hydrogens (tertiary/aromatic N) is 3. The number of carbonyl (C=O) groups excluding carboxylic acids is 3. The van der Waals surface area contributed by atoms with Crippen LogP contribution in [0.4, 0.5) is 0 Å². The van der Waals surface area contributed by atoms with Crippen LogP contribution in [0.25, 0.3) is 0 Å². The summed E-state index contributed by atoms with van der Waals surface area (Å²) in [5.41, 5.74) is 1.51. The number of piperidine rings is 1. The lowest BCUT2D eigenvalue weighted by molar-refractivity contribution is -0.143. The van der Waals surface area contributed by atoms with E-state index in [1.165, 1.54) is 4.90 Å². The molecule has 3 aliphatic heterocycles. The zero-order chi connectivity index (χ0) is 23.3. The highest BCUT2D eigenvalue weighted by molar-refractivity contribution is 6.10. The van der Waals surface area contributed by atoms with Gasteiger partial charge in [0.25, 0.3) is 5.56 Å². The molecule has 1 aromatic heterocycles. The topological polar surface area (TPSA) is 79.7 Å². The first kappa shape index (κ1) is 21.6. The Kier molecular flexibility index (Phi) is 5.22.